The number of pyridine rings is 1. The van der Waals surface area contributed by atoms with E-state index in [0.717, 1.165) is 27.9 Å². The van der Waals surface area contributed by atoms with Crippen molar-refractivity contribution >= 4 is 49.6 Å². The molecule has 0 spiro atoms. The number of hydrogen-bond donors (Lipinski definition) is 0. The molecule has 0 aliphatic carbocycles. The molecule has 0 N–H and O–H groups in total. The Balaban J connectivity index is 0.00000278. The molecule has 43 heavy (non-hydrogen) atoms. The van der Waals surface area contributed by atoms with Gasteiger partial charge in [-0.15, -0.1) is 35.4 Å². The van der Waals surface area contributed by atoms with Gasteiger partial charge in [0.05, 0.1) is 28.1 Å². The van der Waals surface area contributed by atoms with Crippen LogP contribution in [0, 0.1) is 6.07 Å². The van der Waals surface area contributed by atoms with Crippen molar-refractivity contribution in [1.29, 1.82) is 0 Å². The molecule has 2 aromatic heterocycles. The van der Waals surface area contributed by atoms with Gasteiger partial charge in [-0.1, -0.05) is 72.8 Å². The minimum absolute atomic E-state index is 0. The Morgan fingerprint density at radius 1 is 0.558 bits per heavy atom. The Morgan fingerprint density at radius 2 is 1.30 bits per heavy atom. The second-order valence-electron chi connectivity index (χ2n) is 10.8. The third-order valence-electron chi connectivity index (χ3n) is 8.45. The maximum Gasteiger partial charge on any atom is 0.0783 e. The molecule has 0 bridgehead atoms. The molecule has 3 nitrogen and oxygen atoms in total. The number of nitrogens with zero attached hydrogens (tertiary/aromatic N) is 3. The largest absolute Gasteiger partial charge is 0.306 e. The maximum atomic E-state index is 4.75. The predicted octanol–water partition coefficient (Wildman–Crippen LogP) is 10.2. The van der Waals surface area contributed by atoms with Crippen molar-refractivity contribution < 1.29 is 20.1 Å². The Hall–Kier alpha value is -5.02. The SMILES string of the molecule is [Ir].[c-]1ccc(-c2ccc3c(c2)c2cccc4c2n3-c2ccccc2N4c2ccccc2)cc1-c1nccc2ccccc12. The first-order valence-corrected chi connectivity index (χ1v) is 14.2. The topological polar surface area (TPSA) is 21.1 Å². The fourth-order valence-electron chi connectivity index (χ4n) is 6.61. The average molecular weight is 727 g/mol. The second kappa shape index (κ2) is 10.1. The number of aromatic nitrogens is 2. The van der Waals surface area contributed by atoms with Gasteiger partial charge in [0.1, 0.15) is 0 Å². The molecule has 9 rings (SSSR count). The summed E-state index contributed by atoms with van der Waals surface area (Å²) in [4.78, 5) is 7.13. The fraction of sp³-hybridized carbons (Fsp3) is 0. The van der Waals surface area contributed by atoms with Gasteiger partial charge in [-0.25, -0.2) is 0 Å². The first-order valence-electron chi connectivity index (χ1n) is 14.2. The minimum Gasteiger partial charge on any atom is -0.306 e. The zero-order chi connectivity index (χ0) is 27.6. The fourth-order valence-corrected chi connectivity index (χ4v) is 6.61. The van der Waals surface area contributed by atoms with E-state index in [1.165, 1.54) is 49.8 Å². The van der Waals surface area contributed by atoms with Gasteiger partial charge >= 0.3 is 0 Å². The molecule has 0 saturated carbocycles. The molecule has 1 aliphatic heterocycles. The summed E-state index contributed by atoms with van der Waals surface area (Å²) in [5.74, 6) is 0. The molecule has 8 aromatic rings. The van der Waals surface area contributed by atoms with Crippen molar-refractivity contribution in [2.45, 2.75) is 0 Å². The van der Waals surface area contributed by atoms with Crippen LogP contribution in [0.2, 0.25) is 0 Å². The van der Waals surface area contributed by atoms with Gasteiger partial charge in [0.15, 0.2) is 0 Å². The van der Waals surface area contributed by atoms with Gasteiger partial charge in [0, 0.05) is 42.8 Å². The molecule has 0 atom stereocenters. The van der Waals surface area contributed by atoms with Gasteiger partial charge in [-0.05, 0) is 70.6 Å². The van der Waals surface area contributed by atoms with Crippen LogP contribution in [0.25, 0.3) is 60.6 Å². The third-order valence-corrected chi connectivity index (χ3v) is 8.45. The minimum atomic E-state index is 0. The normalized spacial score (nSPS) is 12.0. The van der Waals surface area contributed by atoms with Gasteiger partial charge in [0.2, 0.25) is 0 Å². The van der Waals surface area contributed by atoms with E-state index in [0.29, 0.717) is 0 Å². The molecule has 0 saturated heterocycles. The van der Waals surface area contributed by atoms with E-state index in [1.807, 2.05) is 12.3 Å². The number of fused-ring (bicyclic) bond motifs is 6. The van der Waals surface area contributed by atoms with Crippen molar-refractivity contribution in [2.24, 2.45) is 0 Å². The summed E-state index contributed by atoms with van der Waals surface area (Å²) >= 11 is 0. The van der Waals surface area contributed by atoms with Crippen molar-refractivity contribution in [3.63, 3.8) is 0 Å². The van der Waals surface area contributed by atoms with Crippen LogP contribution in [0.3, 0.4) is 0 Å². The molecular weight excluding hydrogens is 703 g/mol. The number of hydrogen-bond acceptors (Lipinski definition) is 2. The molecule has 6 aromatic carbocycles. The zero-order valence-electron chi connectivity index (χ0n) is 23.0. The number of anilines is 3. The van der Waals surface area contributed by atoms with Crippen LogP contribution in [-0.2, 0) is 20.1 Å². The van der Waals surface area contributed by atoms with Gasteiger partial charge in [0.25, 0.3) is 0 Å². The van der Waals surface area contributed by atoms with E-state index in [9.17, 15) is 0 Å². The van der Waals surface area contributed by atoms with Crippen LogP contribution in [0.15, 0.2) is 146 Å². The van der Waals surface area contributed by atoms with Crippen LogP contribution >= 0.6 is 0 Å². The number of benzene rings is 6. The summed E-state index contributed by atoms with van der Waals surface area (Å²) < 4.78 is 2.43. The van der Waals surface area contributed by atoms with Crippen molar-refractivity contribution in [2.75, 3.05) is 4.90 Å². The Labute approximate surface area is 263 Å². The summed E-state index contributed by atoms with van der Waals surface area (Å²) in [5.41, 5.74) is 11.4. The second-order valence-corrected chi connectivity index (χ2v) is 10.8. The van der Waals surface area contributed by atoms with Crippen LogP contribution in [0.1, 0.15) is 0 Å². The zero-order valence-corrected chi connectivity index (χ0v) is 25.4. The molecule has 0 fully saturated rings. The molecule has 1 radical (unpaired) electrons. The molecular formula is C39H24IrN3-. The molecule has 0 amide bonds. The van der Waals surface area contributed by atoms with Gasteiger partial charge < -0.3 is 14.5 Å². The third kappa shape index (κ3) is 3.88. The van der Waals surface area contributed by atoms with Crippen molar-refractivity contribution in [3.8, 4) is 28.1 Å². The average Bonchev–Trinajstić information content (AvgIpc) is 3.40. The quantitative estimate of drug-likeness (QED) is 0.169. The van der Waals surface area contributed by atoms with Crippen LogP contribution in [-0.4, -0.2) is 9.55 Å². The summed E-state index contributed by atoms with van der Waals surface area (Å²) in [5, 5.41) is 4.81. The Morgan fingerprint density at radius 3 is 2.21 bits per heavy atom. The summed E-state index contributed by atoms with van der Waals surface area (Å²) in [6, 6.07) is 53.1. The number of para-hydroxylation sites is 4. The van der Waals surface area contributed by atoms with Gasteiger partial charge in [-0.2, -0.15) is 0 Å². The van der Waals surface area contributed by atoms with E-state index in [2.05, 4.69) is 149 Å². The number of rotatable bonds is 3. The van der Waals surface area contributed by atoms with E-state index >= 15 is 0 Å². The van der Waals surface area contributed by atoms with Gasteiger partial charge in [-0.3, -0.25) is 0 Å². The standard InChI is InChI=1S/C39H24N3.Ir/c1-2-13-30(14-3-1)41-35-17-6-7-18-36(35)42-34-21-20-28(25-33(34)32-16-9-19-37(41)39(32)42)27-11-8-12-29(24-27)38-31-15-5-4-10-26(31)22-23-40-38;/h1-11,13-25H;/q-1;. The smallest absolute Gasteiger partial charge is 0.0783 e. The molecule has 205 valence electrons. The summed E-state index contributed by atoms with van der Waals surface area (Å²) in [6.07, 6.45) is 1.88. The van der Waals surface area contributed by atoms with Crippen LogP contribution in [0.5, 0.6) is 0 Å². The van der Waals surface area contributed by atoms with Crippen molar-refractivity contribution in [1.82, 2.24) is 9.55 Å². The first-order chi connectivity index (χ1) is 20.8. The van der Waals surface area contributed by atoms with Crippen LogP contribution < -0.4 is 4.90 Å². The summed E-state index contributed by atoms with van der Waals surface area (Å²) in [7, 11) is 0. The molecule has 1 aliphatic rings. The molecule has 4 heteroatoms. The first kappa shape index (κ1) is 25.7. The van der Waals surface area contributed by atoms with E-state index in [4.69, 9.17) is 4.98 Å². The Kier molecular flexibility index (Phi) is 6.01. The predicted molar refractivity (Wildman–Crippen MR) is 174 cm³/mol. The monoisotopic (exact) mass is 727 g/mol. The maximum absolute atomic E-state index is 4.75. The Bertz CT molecular complexity index is 2320. The van der Waals surface area contributed by atoms with E-state index in [-0.39, 0.29) is 20.1 Å². The van der Waals surface area contributed by atoms with E-state index in [1.54, 1.807) is 0 Å². The summed E-state index contributed by atoms with van der Waals surface area (Å²) in [6.45, 7) is 0. The van der Waals surface area contributed by atoms with Crippen molar-refractivity contribution in [3.05, 3.63) is 152 Å². The molecule has 3 heterocycles. The van der Waals surface area contributed by atoms with Crippen LogP contribution in [0.4, 0.5) is 17.1 Å². The molecule has 0 unspecified atom stereocenters. The van der Waals surface area contributed by atoms with E-state index < -0.39 is 0 Å².